The van der Waals surface area contributed by atoms with E-state index in [1.54, 1.807) is 13.1 Å². The van der Waals surface area contributed by atoms with Gasteiger partial charge in [0, 0.05) is 38.5 Å². The molecule has 2 aromatic carbocycles. The first kappa shape index (κ1) is 19.4. The van der Waals surface area contributed by atoms with E-state index in [1.165, 1.54) is 23.3 Å². The average Bonchev–Trinajstić information content (AvgIpc) is 3.47. The number of benzene rings is 2. The largest absolute Gasteiger partial charge is 0.385 e. The first-order valence-corrected chi connectivity index (χ1v) is 10.1. The molecule has 1 aliphatic heterocycles. The zero-order chi connectivity index (χ0) is 20.5. The summed E-state index contributed by atoms with van der Waals surface area (Å²) in [4.78, 5) is 26.9. The summed E-state index contributed by atoms with van der Waals surface area (Å²) in [6, 6.07) is 12.9. The Balaban J connectivity index is 1.24. The number of aryl methyl sites for hydroxylation is 1. The van der Waals surface area contributed by atoms with Crippen LogP contribution < -0.4 is 10.6 Å². The van der Waals surface area contributed by atoms with Gasteiger partial charge in [0.15, 0.2) is 0 Å². The number of anilines is 1. The van der Waals surface area contributed by atoms with Crippen molar-refractivity contribution in [1.29, 1.82) is 0 Å². The van der Waals surface area contributed by atoms with Gasteiger partial charge < -0.3 is 15.5 Å². The van der Waals surface area contributed by atoms with Crippen LogP contribution in [0, 0.1) is 24.6 Å². The van der Waals surface area contributed by atoms with Gasteiger partial charge in [-0.3, -0.25) is 9.59 Å². The molecule has 1 saturated heterocycles. The third-order valence-electron chi connectivity index (χ3n) is 5.94. The van der Waals surface area contributed by atoms with Gasteiger partial charge in [0.1, 0.15) is 5.82 Å². The molecule has 5 nitrogen and oxygen atoms in total. The second-order valence-electron chi connectivity index (χ2n) is 8.09. The minimum atomic E-state index is -0.451. The fourth-order valence-electron chi connectivity index (χ4n) is 4.06. The summed E-state index contributed by atoms with van der Waals surface area (Å²) in [6.07, 6.45) is 0.923. The summed E-state index contributed by atoms with van der Waals surface area (Å²) in [7, 11) is 1.59. The Labute approximate surface area is 170 Å². The lowest BCUT2D eigenvalue weighted by Gasteiger charge is -2.39. The highest BCUT2D eigenvalue weighted by Crippen LogP contribution is 2.49. The van der Waals surface area contributed by atoms with Crippen molar-refractivity contribution in [1.82, 2.24) is 10.2 Å². The number of carbonyl (C=O) groups is 2. The Hall–Kier alpha value is -2.89. The molecule has 1 heterocycles. The standard InChI is InChI=1S/C23H26FN3O2/c1-14-6-8-16(9-7-14)18-10-19(18)23(29)27-12-15(13-27)11-26-22(28)17-4-3-5-20(24)21(17)25-2/h3-9,15,18-19,25H,10-13H2,1-2H3,(H,26,28)/t18-,19+/m0/s1. The summed E-state index contributed by atoms with van der Waals surface area (Å²) in [5.74, 6) is 0.147. The van der Waals surface area contributed by atoms with Crippen LogP contribution in [0.25, 0.3) is 0 Å². The molecule has 2 N–H and O–H groups in total. The molecule has 29 heavy (non-hydrogen) atoms. The van der Waals surface area contributed by atoms with Crippen LogP contribution in [0.1, 0.15) is 33.8 Å². The van der Waals surface area contributed by atoms with Crippen LogP contribution in [0.15, 0.2) is 42.5 Å². The maximum atomic E-state index is 13.8. The second kappa shape index (κ2) is 7.85. The van der Waals surface area contributed by atoms with Gasteiger partial charge in [-0.1, -0.05) is 35.9 Å². The van der Waals surface area contributed by atoms with Crippen LogP contribution in [0.5, 0.6) is 0 Å². The zero-order valence-corrected chi connectivity index (χ0v) is 16.7. The van der Waals surface area contributed by atoms with Gasteiger partial charge in [0.2, 0.25) is 5.91 Å². The van der Waals surface area contributed by atoms with Crippen LogP contribution >= 0.6 is 0 Å². The molecule has 2 amide bonds. The number of hydrogen-bond donors (Lipinski definition) is 2. The number of para-hydroxylation sites is 1. The Bertz CT molecular complexity index is 922. The summed E-state index contributed by atoms with van der Waals surface area (Å²) in [5, 5.41) is 5.60. The predicted molar refractivity (Wildman–Crippen MR) is 110 cm³/mol. The third kappa shape index (κ3) is 3.97. The molecule has 4 rings (SSSR count). The summed E-state index contributed by atoms with van der Waals surface area (Å²) in [6.45, 7) is 3.87. The van der Waals surface area contributed by atoms with Gasteiger partial charge in [0.25, 0.3) is 5.91 Å². The van der Waals surface area contributed by atoms with Crippen LogP contribution in [-0.2, 0) is 4.79 Å². The highest BCUT2D eigenvalue weighted by atomic mass is 19.1. The number of rotatable bonds is 6. The lowest BCUT2D eigenvalue weighted by molar-refractivity contribution is -0.138. The molecule has 2 aliphatic rings. The topological polar surface area (TPSA) is 61.4 Å². The molecule has 2 aromatic rings. The van der Waals surface area contributed by atoms with Crippen LogP contribution in [0.4, 0.5) is 10.1 Å². The smallest absolute Gasteiger partial charge is 0.253 e. The maximum absolute atomic E-state index is 13.8. The van der Waals surface area contributed by atoms with E-state index in [2.05, 4.69) is 41.8 Å². The third-order valence-corrected chi connectivity index (χ3v) is 5.94. The van der Waals surface area contributed by atoms with Gasteiger partial charge >= 0.3 is 0 Å². The van der Waals surface area contributed by atoms with Crippen molar-refractivity contribution in [2.24, 2.45) is 11.8 Å². The molecular formula is C23H26FN3O2. The number of nitrogens with zero attached hydrogens (tertiary/aromatic N) is 1. The van der Waals surface area contributed by atoms with E-state index in [4.69, 9.17) is 0 Å². The van der Waals surface area contributed by atoms with E-state index in [1.807, 2.05) is 4.90 Å². The molecule has 0 aromatic heterocycles. The lowest BCUT2D eigenvalue weighted by atomic mass is 9.98. The molecule has 6 heteroatoms. The minimum absolute atomic E-state index is 0.0960. The van der Waals surface area contributed by atoms with E-state index in [0.29, 0.717) is 31.1 Å². The van der Waals surface area contributed by atoms with Crippen LogP contribution in [0.2, 0.25) is 0 Å². The summed E-state index contributed by atoms with van der Waals surface area (Å²) >= 11 is 0. The normalized spacial score (nSPS) is 20.7. The number of amides is 2. The van der Waals surface area contributed by atoms with Crippen molar-refractivity contribution >= 4 is 17.5 Å². The first-order chi connectivity index (χ1) is 14.0. The van der Waals surface area contributed by atoms with E-state index >= 15 is 0 Å². The number of hydrogen-bond acceptors (Lipinski definition) is 3. The molecule has 0 unspecified atom stereocenters. The van der Waals surface area contributed by atoms with Crippen molar-refractivity contribution in [3.8, 4) is 0 Å². The van der Waals surface area contributed by atoms with Gasteiger partial charge in [0.05, 0.1) is 11.3 Å². The molecule has 0 bridgehead atoms. The quantitative estimate of drug-likeness (QED) is 0.790. The van der Waals surface area contributed by atoms with Crippen molar-refractivity contribution in [2.45, 2.75) is 19.3 Å². The van der Waals surface area contributed by atoms with Crippen molar-refractivity contribution in [2.75, 3.05) is 32.0 Å². The number of nitrogens with one attached hydrogen (secondary N) is 2. The van der Waals surface area contributed by atoms with E-state index in [0.717, 1.165) is 6.42 Å². The molecule has 1 aliphatic carbocycles. The molecule has 0 spiro atoms. The average molecular weight is 395 g/mol. The van der Waals surface area contributed by atoms with Gasteiger partial charge in [-0.15, -0.1) is 0 Å². The van der Waals surface area contributed by atoms with E-state index < -0.39 is 5.82 Å². The minimum Gasteiger partial charge on any atom is -0.385 e. The zero-order valence-electron chi connectivity index (χ0n) is 16.7. The molecule has 152 valence electrons. The fraction of sp³-hybridized carbons (Fsp3) is 0.391. The van der Waals surface area contributed by atoms with Crippen molar-refractivity contribution < 1.29 is 14.0 Å². The van der Waals surface area contributed by atoms with E-state index in [-0.39, 0.29) is 29.3 Å². The first-order valence-electron chi connectivity index (χ1n) is 10.1. The highest BCUT2D eigenvalue weighted by molar-refractivity contribution is 5.99. The van der Waals surface area contributed by atoms with Gasteiger partial charge in [-0.05, 0) is 37.0 Å². The summed E-state index contributed by atoms with van der Waals surface area (Å²) in [5.41, 5.74) is 2.96. The van der Waals surface area contributed by atoms with Crippen LogP contribution in [-0.4, -0.2) is 43.4 Å². The Morgan fingerprint density at radius 3 is 2.55 bits per heavy atom. The van der Waals surface area contributed by atoms with E-state index in [9.17, 15) is 14.0 Å². The highest BCUT2D eigenvalue weighted by Gasteiger charge is 2.47. The molecular weight excluding hydrogens is 369 g/mol. The fourth-order valence-corrected chi connectivity index (χ4v) is 4.06. The van der Waals surface area contributed by atoms with Gasteiger partial charge in [-0.2, -0.15) is 0 Å². The monoisotopic (exact) mass is 395 g/mol. The maximum Gasteiger partial charge on any atom is 0.253 e. The lowest BCUT2D eigenvalue weighted by Crippen LogP contribution is -2.54. The van der Waals surface area contributed by atoms with Crippen molar-refractivity contribution in [3.05, 3.63) is 65.0 Å². The molecule has 0 radical (unpaired) electrons. The Morgan fingerprint density at radius 1 is 1.14 bits per heavy atom. The predicted octanol–water partition coefficient (Wildman–Crippen LogP) is 3.17. The Kier molecular flexibility index (Phi) is 5.26. The van der Waals surface area contributed by atoms with Crippen LogP contribution in [0.3, 0.4) is 0 Å². The van der Waals surface area contributed by atoms with Crippen molar-refractivity contribution in [3.63, 3.8) is 0 Å². The van der Waals surface area contributed by atoms with Gasteiger partial charge in [-0.25, -0.2) is 4.39 Å². The molecule has 2 fully saturated rings. The number of halogens is 1. The number of likely N-dealkylation sites (tertiary alicyclic amines) is 1. The number of carbonyl (C=O) groups excluding carboxylic acids is 2. The summed E-state index contributed by atoms with van der Waals surface area (Å²) < 4.78 is 13.8. The molecule has 1 saturated carbocycles. The SMILES string of the molecule is CNc1c(F)cccc1C(=O)NCC1CN(C(=O)[C@@H]2C[C@H]2c2ccc(C)cc2)C1. The second-order valence-corrected chi connectivity index (χ2v) is 8.09. The Morgan fingerprint density at radius 2 is 1.86 bits per heavy atom. The molecule has 2 atom stereocenters.